The normalized spacial score (nSPS) is 25.3. The van der Waals surface area contributed by atoms with Crippen LogP contribution in [-0.2, 0) is 14.4 Å². The van der Waals surface area contributed by atoms with Crippen molar-refractivity contribution in [2.24, 2.45) is 0 Å². The number of aliphatic carboxylic acids is 3. The third-order valence-corrected chi connectivity index (χ3v) is 3.00. The van der Waals surface area contributed by atoms with Gasteiger partial charge in [-0.3, -0.25) is 19.3 Å². The first kappa shape index (κ1) is 15.3. The standard InChI is InChI=1S/C10H16N2O7/c13-6-1-10(6,5-11-2-7(14)15)12(3-8(16)17)4-9(18)19/h6,11,13H,1-5H2,(H,14,15)(H,16,17)(H,18,19). The summed E-state index contributed by atoms with van der Waals surface area (Å²) in [6, 6.07) is 0. The van der Waals surface area contributed by atoms with Crippen LogP contribution >= 0.6 is 0 Å². The molecule has 1 fully saturated rings. The molecule has 9 nitrogen and oxygen atoms in total. The van der Waals surface area contributed by atoms with Gasteiger partial charge in [0.15, 0.2) is 0 Å². The second-order valence-corrected chi connectivity index (χ2v) is 4.46. The largest absolute Gasteiger partial charge is 0.480 e. The second kappa shape index (κ2) is 5.95. The first-order valence-corrected chi connectivity index (χ1v) is 5.57. The summed E-state index contributed by atoms with van der Waals surface area (Å²) in [4.78, 5) is 33.0. The van der Waals surface area contributed by atoms with Crippen molar-refractivity contribution in [1.82, 2.24) is 10.2 Å². The van der Waals surface area contributed by atoms with Crippen molar-refractivity contribution in [3.63, 3.8) is 0 Å². The van der Waals surface area contributed by atoms with Gasteiger partial charge < -0.3 is 25.7 Å². The maximum atomic E-state index is 10.7. The van der Waals surface area contributed by atoms with E-state index in [1.54, 1.807) is 0 Å². The van der Waals surface area contributed by atoms with Crippen LogP contribution in [0.15, 0.2) is 0 Å². The minimum absolute atomic E-state index is 0.0149. The molecule has 0 bridgehead atoms. The average Bonchev–Trinajstić information content (AvgIpc) is 2.87. The Morgan fingerprint density at radius 2 is 1.58 bits per heavy atom. The van der Waals surface area contributed by atoms with Crippen LogP contribution in [0.1, 0.15) is 6.42 Å². The number of carboxylic acids is 3. The van der Waals surface area contributed by atoms with Crippen LogP contribution in [0, 0.1) is 0 Å². The van der Waals surface area contributed by atoms with Crippen LogP contribution in [0.4, 0.5) is 0 Å². The Morgan fingerprint density at radius 3 is 1.89 bits per heavy atom. The maximum absolute atomic E-state index is 10.7. The van der Waals surface area contributed by atoms with Crippen molar-refractivity contribution in [3.05, 3.63) is 0 Å². The minimum Gasteiger partial charge on any atom is -0.480 e. The lowest BCUT2D eigenvalue weighted by Crippen LogP contribution is -2.51. The average molecular weight is 276 g/mol. The molecule has 5 N–H and O–H groups in total. The lowest BCUT2D eigenvalue weighted by Gasteiger charge is -2.29. The molecule has 0 saturated heterocycles. The predicted molar refractivity (Wildman–Crippen MR) is 60.7 cm³/mol. The Hall–Kier alpha value is -1.71. The van der Waals surface area contributed by atoms with E-state index in [1.165, 1.54) is 0 Å². The van der Waals surface area contributed by atoms with E-state index in [4.69, 9.17) is 15.3 Å². The SMILES string of the molecule is O=C(O)CNCC1(N(CC(=O)O)CC(=O)O)CC1O. The van der Waals surface area contributed by atoms with Crippen molar-refractivity contribution < 1.29 is 34.8 Å². The lowest BCUT2D eigenvalue weighted by molar-refractivity contribution is -0.144. The molecule has 0 aliphatic heterocycles. The minimum atomic E-state index is -1.21. The van der Waals surface area contributed by atoms with Gasteiger partial charge in [0.1, 0.15) is 0 Å². The molecule has 0 aromatic carbocycles. The molecule has 1 aliphatic carbocycles. The number of aliphatic hydroxyl groups is 1. The van der Waals surface area contributed by atoms with E-state index >= 15 is 0 Å². The van der Waals surface area contributed by atoms with E-state index in [1.807, 2.05) is 0 Å². The summed E-state index contributed by atoms with van der Waals surface area (Å²) in [6.45, 7) is -1.39. The van der Waals surface area contributed by atoms with Crippen LogP contribution in [0.3, 0.4) is 0 Å². The molecular formula is C10H16N2O7. The van der Waals surface area contributed by atoms with E-state index in [0.717, 1.165) is 4.90 Å². The molecule has 0 heterocycles. The molecule has 0 amide bonds. The monoisotopic (exact) mass is 276 g/mol. The van der Waals surface area contributed by atoms with Gasteiger partial charge in [-0.25, -0.2) is 0 Å². The van der Waals surface area contributed by atoms with Crippen LogP contribution in [0.25, 0.3) is 0 Å². The Bertz CT molecular complexity index is 370. The molecule has 19 heavy (non-hydrogen) atoms. The Kier molecular flexibility index (Phi) is 4.81. The maximum Gasteiger partial charge on any atom is 0.317 e. The highest BCUT2D eigenvalue weighted by molar-refractivity contribution is 5.73. The number of nitrogens with one attached hydrogen (secondary N) is 1. The van der Waals surface area contributed by atoms with Gasteiger partial charge in [0.05, 0.1) is 31.3 Å². The van der Waals surface area contributed by atoms with Gasteiger partial charge in [-0.15, -0.1) is 0 Å². The van der Waals surface area contributed by atoms with Crippen LogP contribution in [0.5, 0.6) is 0 Å². The molecule has 2 unspecified atom stereocenters. The summed E-state index contributed by atoms with van der Waals surface area (Å²) in [7, 11) is 0. The third kappa shape index (κ3) is 4.16. The van der Waals surface area contributed by atoms with Crippen molar-refractivity contribution in [3.8, 4) is 0 Å². The van der Waals surface area contributed by atoms with E-state index in [0.29, 0.717) is 0 Å². The third-order valence-electron chi connectivity index (χ3n) is 3.00. The number of hydrogen-bond acceptors (Lipinski definition) is 6. The fourth-order valence-corrected chi connectivity index (χ4v) is 2.00. The molecular weight excluding hydrogens is 260 g/mol. The van der Waals surface area contributed by atoms with Crippen LogP contribution in [0.2, 0.25) is 0 Å². The zero-order chi connectivity index (χ0) is 14.6. The summed E-state index contributed by atoms with van der Waals surface area (Å²) < 4.78 is 0. The number of aliphatic hydroxyl groups excluding tert-OH is 1. The van der Waals surface area contributed by atoms with E-state index in [2.05, 4.69) is 5.32 Å². The van der Waals surface area contributed by atoms with Gasteiger partial charge in [0.2, 0.25) is 0 Å². The molecule has 0 aromatic rings. The van der Waals surface area contributed by atoms with Gasteiger partial charge in [-0.05, 0) is 6.42 Å². The number of rotatable bonds is 9. The topological polar surface area (TPSA) is 147 Å². The number of carboxylic acid groups (broad SMARTS) is 3. The van der Waals surface area contributed by atoms with Crippen molar-refractivity contribution in [1.29, 1.82) is 0 Å². The molecule has 1 rings (SSSR count). The summed E-state index contributed by atoms with van der Waals surface area (Å²) in [5, 5.41) is 38.2. The predicted octanol–water partition coefficient (Wildman–Crippen LogP) is -2.36. The Balaban J connectivity index is 2.69. The molecule has 2 atom stereocenters. The molecule has 0 aromatic heterocycles. The van der Waals surface area contributed by atoms with E-state index in [9.17, 15) is 19.5 Å². The molecule has 1 saturated carbocycles. The van der Waals surface area contributed by atoms with E-state index < -0.39 is 42.6 Å². The molecule has 1 aliphatic rings. The van der Waals surface area contributed by atoms with E-state index in [-0.39, 0.29) is 19.5 Å². The summed E-state index contributed by atoms with van der Waals surface area (Å²) >= 11 is 0. The number of carbonyl (C=O) groups is 3. The highest BCUT2D eigenvalue weighted by atomic mass is 16.4. The van der Waals surface area contributed by atoms with Gasteiger partial charge in [-0.1, -0.05) is 0 Å². The first-order valence-electron chi connectivity index (χ1n) is 5.57. The smallest absolute Gasteiger partial charge is 0.317 e. The number of hydrogen-bond donors (Lipinski definition) is 5. The van der Waals surface area contributed by atoms with Crippen molar-refractivity contribution >= 4 is 17.9 Å². The van der Waals surface area contributed by atoms with Gasteiger partial charge in [0.25, 0.3) is 0 Å². The molecule has 9 heteroatoms. The van der Waals surface area contributed by atoms with Crippen molar-refractivity contribution in [2.75, 3.05) is 26.2 Å². The fraction of sp³-hybridized carbons (Fsp3) is 0.700. The highest BCUT2D eigenvalue weighted by Gasteiger charge is 2.58. The van der Waals surface area contributed by atoms with Crippen LogP contribution in [-0.4, -0.2) is 81.1 Å². The van der Waals surface area contributed by atoms with Gasteiger partial charge >= 0.3 is 17.9 Å². The summed E-state index contributed by atoms with van der Waals surface area (Å²) in [6.07, 6.45) is -0.660. The molecule has 0 radical (unpaired) electrons. The van der Waals surface area contributed by atoms with Crippen molar-refractivity contribution in [2.45, 2.75) is 18.1 Å². The van der Waals surface area contributed by atoms with Gasteiger partial charge in [-0.2, -0.15) is 0 Å². The van der Waals surface area contributed by atoms with Crippen LogP contribution < -0.4 is 5.32 Å². The first-order chi connectivity index (χ1) is 8.78. The highest BCUT2D eigenvalue weighted by Crippen LogP contribution is 2.41. The quantitative estimate of drug-likeness (QED) is 0.312. The summed E-state index contributed by atoms with van der Waals surface area (Å²) in [5.74, 6) is -3.51. The second-order valence-electron chi connectivity index (χ2n) is 4.46. The summed E-state index contributed by atoms with van der Waals surface area (Å²) in [5.41, 5.74) is -1.02. The fourth-order valence-electron chi connectivity index (χ4n) is 2.00. The zero-order valence-corrected chi connectivity index (χ0v) is 10.1. The number of nitrogens with zero attached hydrogens (tertiary/aromatic N) is 1. The zero-order valence-electron chi connectivity index (χ0n) is 10.1. The molecule has 0 spiro atoms. The van der Waals surface area contributed by atoms with Gasteiger partial charge in [0, 0.05) is 6.54 Å². The Labute approximate surface area is 108 Å². The Morgan fingerprint density at radius 1 is 1.11 bits per heavy atom. The lowest BCUT2D eigenvalue weighted by atomic mass is 10.2. The molecule has 108 valence electrons.